The Morgan fingerprint density at radius 3 is 2.25 bits per heavy atom. The van der Waals surface area contributed by atoms with E-state index >= 15 is 0 Å². The standard InChI is InChI=1S/C11H8F3NO/c12-11(13,14)10-3-1-8(2-4-10)5-9(6-15)7-16/h1-5,16H,7H2/b9-5+. The molecule has 1 aromatic carbocycles. The molecule has 0 aromatic heterocycles. The fraction of sp³-hybridized carbons (Fsp3) is 0.182. The molecule has 2 nitrogen and oxygen atoms in total. The van der Waals surface area contributed by atoms with Gasteiger partial charge in [0.1, 0.15) is 0 Å². The number of alkyl halides is 3. The van der Waals surface area contributed by atoms with Crippen molar-refractivity contribution in [3.63, 3.8) is 0 Å². The number of rotatable bonds is 2. The lowest BCUT2D eigenvalue weighted by atomic mass is 10.1. The van der Waals surface area contributed by atoms with Crippen molar-refractivity contribution in [2.75, 3.05) is 6.61 Å². The van der Waals surface area contributed by atoms with E-state index in [-0.39, 0.29) is 5.57 Å². The molecule has 0 amide bonds. The van der Waals surface area contributed by atoms with Crippen LogP contribution in [0.4, 0.5) is 13.2 Å². The molecule has 0 aliphatic heterocycles. The lowest BCUT2D eigenvalue weighted by Crippen LogP contribution is -2.04. The average Bonchev–Trinajstić information content (AvgIpc) is 2.25. The zero-order valence-corrected chi connectivity index (χ0v) is 8.12. The highest BCUT2D eigenvalue weighted by atomic mass is 19.4. The minimum Gasteiger partial charge on any atom is -0.391 e. The van der Waals surface area contributed by atoms with Crippen LogP contribution in [0.5, 0.6) is 0 Å². The molecular formula is C11H8F3NO. The number of hydrogen-bond donors (Lipinski definition) is 1. The highest BCUT2D eigenvalue weighted by molar-refractivity contribution is 5.57. The van der Waals surface area contributed by atoms with Crippen LogP contribution in [0.1, 0.15) is 11.1 Å². The summed E-state index contributed by atoms with van der Waals surface area (Å²) < 4.78 is 36.6. The van der Waals surface area contributed by atoms with Gasteiger partial charge in [0.2, 0.25) is 0 Å². The molecule has 0 spiro atoms. The third-order valence-electron chi connectivity index (χ3n) is 1.89. The number of halogens is 3. The predicted octanol–water partition coefficient (Wildman–Crippen LogP) is 2.60. The van der Waals surface area contributed by atoms with E-state index in [1.165, 1.54) is 18.2 Å². The Hall–Kier alpha value is -1.80. The third-order valence-corrected chi connectivity index (χ3v) is 1.89. The average molecular weight is 227 g/mol. The van der Waals surface area contributed by atoms with Crippen molar-refractivity contribution < 1.29 is 18.3 Å². The van der Waals surface area contributed by atoms with Crippen molar-refractivity contribution in [3.8, 4) is 6.07 Å². The summed E-state index contributed by atoms with van der Waals surface area (Å²) in [5.41, 5.74) is -0.203. The maximum absolute atomic E-state index is 12.2. The summed E-state index contributed by atoms with van der Waals surface area (Å²) in [6.07, 6.45) is -3.03. The molecule has 0 saturated carbocycles. The largest absolute Gasteiger partial charge is 0.416 e. The summed E-state index contributed by atoms with van der Waals surface area (Å²) in [7, 11) is 0. The number of nitriles is 1. The Labute approximate surface area is 90.2 Å². The van der Waals surface area contributed by atoms with Gasteiger partial charge in [0.25, 0.3) is 0 Å². The maximum Gasteiger partial charge on any atom is 0.416 e. The van der Waals surface area contributed by atoms with Crippen molar-refractivity contribution in [1.29, 1.82) is 5.26 Å². The Morgan fingerprint density at radius 2 is 1.88 bits per heavy atom. The Morgan fingerprint density at radius 1 is 1.31 bits per heavy atom. The van der Waals surface area contributed by atoms with Gasteiger partial charge in [-0.25, -0.2) is 0 Å². The van der Waals surface area contributed by atoms with Crippen LogP contribution < -0.4 is 0 Å². The molecule has 84 valence electrons. The molecule has 0 heterocycles. The molecule has 0 radical (unpaired) electrons. The van der Waals surface area contributed by atoms with Crippen LogP contribution >= 0.6 is 0 Å². The third kappa shape index (κ3) is 3.11. The van der Waals surface area contributed by atoms with E-state index in [1.54, 1.807) is 6.07 Å². The topological polar surface area (TPSA) is 44.0 Å². The van der Waals surface area contributed by atoms with Crippen LogP contribution in [0.3, 0.4) is 0 Å². The Balaban J connectivity index is 2.97. The molecule has 0 aliphatic carbocycles. The fourth-order valence-electron chi connectivity index (χ4n) is 1.08. The highest BCUT2D eigenvalue weighted by Crippen LogP contribution is 2.29. The Bertz CT molecular complexity index is 426. The molecule has 1 aromatic rings. The number of aliphatic hydroxyl groups is 1. The van der Waals surface area contributed by atoms with Crippen molar-refractivity contribution in [3.05, 3.63) is 41.0 Å². The number of nitrogens with zero attached hydrogens (tertiary/aromatic N) is 1. The summed E-state index contributed by atoms with van der Waals surface area (Å²) in [5.74, 6) is 0. The maximum atomic E-state index is 12.2. The molecule has 1 rings (SSSR count). The second-order valence-corrected chi connectivity index (χ2v) is 3.06. The van der Waals surface area contributed by atoms with Crippen molar-refractivity contribution in [2.24, 2.45) is 0 Å². The van der Waals surface area contributed by atoms with E-state index in [9.17, 15) is 13.2 Å². The summed E-state index contributed by atoms with van der Waals surface area (Å²) in [6, 6.07) is 6.08. The lowest BCUT2D eigenvalue weighted by molar-refractivity contribution is -0.137. The summed E-state index contributed by atoms with van der Waals surface area (Å²) in [6.45, 7) is -0.433. The van der Waals surface area contributed by atoms with E-state index in [4.69, 9.17) is 10.4 Å². The first-order valence-corrected chi connectivity index (χ1v) is 4.36. The fourth-order valence-corrected chi connectivity index (χ4v) is 1.08. The molecule has 5 heteroatoms. The van der Waals surface area contributed by atoms with Crippen molar-refractivity contribution in [1.82, 2.24) is 0 Å². The van der Waals surface area contributed by atoms with Crippen LogP contribution in [0.25, 0.3) is 6.08 Å². The lowest BCUT2D eigenvalue weighted by Gasteiger charge is -2.06. The van der Waals surface area contributed by atoms with Crippen LogP contribution in [0.2, 0.25) is 0 Å². The molecule has 1 N–H and O–H groups in total. The van der Waals surface area contributed by atoms with E-state index in [0.29, 0.717) is 5.56 Å². The van der Waals surface area contributed by atoms with Gasteiger partial charge in [0, 0.05) is 0 Å². The quantitative estimate of drug-likeness (QED) is 0.789. The van der Waals surface area contributed by atoms with Gasteiger partial charge in [-0.3, -0.25) is 0 Å². The first-order chi connectivity index (χ1) is 7.47. The van der Waals surface area contributed by atoms with E-state index in [1.807, 2.05) is 0 Å². The van der Waals surface area contributed by atoms with Gasteiger partial charge >= 0.3 is 6.18 Å². The van der Waals surface area contributed by atoms with Gasteiger partial charge in [0.15, 0.2) is 0 Å². The second-order valence-electron chi connectivity index (χ2n) is 3.06. The normalized spacial score (nSPS) is 12.3. The Kier molecular flexibility index (Phi) is 3.69. The summed E-state index contributed by atoms with van der Waals surface area (Å²) in [5, 5.41) is 17.2. The number of hydrogen-bond acceptors (Lipinski definition) is 2. The first kappa shape index (κ1) is 12.3. The van der Waals surface area contributed by atoms with Gasteiger partial charge in [-0.05, 0) is 23.8 Å². The van der Waals surface area contributed by atoms with Crippen LogP contribution in [0.15, 0.2) is 29.8 Å². The zero-order valence-electron chi connectivity index (χ0n) is 8.12. The van der Waals surface area contributed by atoms with E-state index < -0.39 is 18.3 Å². The van der Waals surface area contributed by atoms with Crippen LogP contribution in [-0.2, 0) is 6.18 Å². The second kappa shape index (κ2) is 4.81. The number of benzene rings is 1. The van der Waals surface area contributed by atoms with Crippen molar-refractivity contribution in [2.45, 2.75) is 6.18 Å². The SMILES string of the molecule is N#C/C(=C\c1ccc(C(F)(F)F)cc1)CO. The molecule has 0 unspecified atom stereocenters. The molecule has 0 aliphatic rings. The van der Waals surface area contributed by atoms with Gasteiger partial charge < -0.3 is 5.11 Å². The van der Waals surface area contributed by atoms with Gasteiger partial charge in [0.05, 0.1) is 23.8 Å². The van der Waals surface area contributed by atoms with Gasteiger partial charge in [-0.2, -0.15) is 18.4 Å². The van der Waals surface area contributed by atoms with Gasteiger partial charge in [-0.1, -0.05) is 12.1 Å². The smallest absolute Gasteiger partial charge is 0.391 e. The van der Waals surface area contributed by atoms with Crippen LogP contribution in [0, 0.1) is 11.3 Å². The van der Waals surface area contributed by atoms with E-state index in [0.717, 1.165) is 12.1 Å². The van der Waals surface area contributed by atoms with Crippen LogP contribution in [-0.4, -0.2) is 11.7 Å². The molecular weight excluding hydrogens is 219 g/mol. The highest BCUT2D eigenvalue weighted by Gasteiger charge is 2.29. The molecule has 16 heavy (non-hydrogen) atoms. The monoisotopic (exact) mass is 227 g/mol. The van der Waals surface area contributed by atoms with Gasteiger partial charge in [-0.15, -0.1) is 0 Å². The van der Waals surface area contributed by atoms with Crippen molar-refractivity contribution >= 4 is 6.08 Å². The molecule has 0 saturated heterocycles. The minimum atomic E-state index is -4.36. The molecule has 0 fully saturated rings. The predicted molar refractivity (Wildman–Crippen MR) is 52.1 cm³/mol. The summed E-state index contributed by atoms with van der Waals surface area (Å²) in [4.78, 5) is 0. The number of aliphatic hydroxyl groups excluding tert-OH is 1. The molecule has 0 bridgehead atoms. The zero-order chi connectivity index (χ0) is 12.2. The summed E-state index contributed by atoms with van der Waals surface area (Å²) >= 11 is 0. The minimum absolute atomic E-state index is 0.0970. The van der Waals surface area contributed by atoms with E-state index in [2.05, 4.69) is 0 Å². The first-order valence-electron chi connectivity index (χ1n) is 4.36. The molecule has 0 atom stereocenters.